The van der Waals surface area contributed by atoms with Crippen LogP contribution in [0.5, 0.6) is 0 Å². The van der Waals surface area contributed by atoms with Gasteiger partial charge >= 0.3 is 0 Å². The van der Waals surface area contributed by atoms with Crippen molar-refractivity contribution in [3.63, 3.8) is 0 Å². The number of hydrogen-bond acceptors (Lipinski definition) is 3. The number of rotatable bonds is 7. The highest BCUT2D eigenvalue weighted by Crippen LogP contribution is 2.15. The zero-order valence-corrected chi connectivity index (χ0v) is 11.5. The molecule has 0 saturated carbocycles. The lowest BCUT2D eigenvalue weighted by molar-refractivity contribution is 0.739. The molecular weight excluding hydrogens is 222 g/mol. The van der Waals surface area contributed by atoms with Crippen LogP contribution >= 0.6 is 23.1 Å². The highest BCUT2D eigenvalue weighted by Gasteiger charge is 1.99. The molecule has 1 aromatic rings. The topological polar surface area (TPSA) is 12.0 Å². The number of nitrogens with one attached hydrogen (secondary N) is 1. The lowest BCUT2D eigenvalue weighted by atomic mass is 10.4. The normalized spacial score (nSPS) is 13.0. The van der Waals surface area contributed by atoms with Gasteiger partial charge in [0.2, 0.25) is 0 Å². The van der Waals surface area contributed by atoms with Crippen molar-refractivity contribution in [1.82, 2.24) is 5.32 Å². The first kappa shape index (κ1) is 13.1. The van der Waals surface area contributed by atoms with Gasteiger partial charge in [-0.1, -0.05) is 13.8 Å². The smallest absolute Gasteiger partial charge is 0.0300 e. The second kappa shape index (κ2) is 7.31. The van der Waals surface area contributed by atoms with E-state index in [0.29, 0.717) is 0 Å². The van der Waals surface area contributed by atoms with Crippen LogP contribution in [-0.4, -0.2) is 17.5 Å². The van der Waals surface area contributed by atoms with Gasteiger partial charge in [-0.3, -0.25) is 0 Å². The van der Waals surface area contributed by atoms with Crippen molar-refractivity contribution in [3.05, 3.63) is 21.9 Å². The van der Waals surface area contributed by atoms with Crippen LogP contribution in [0.2, 0.25) is 0 Å². The fourth-order valence-electron chi connectivity index (χ4n) is 1.24. The third-order valence-corrected chi connectivity index (χ3v) is 4.69. The Hall–Kier alpha value is 0.01000. The van der Waals surface area contributed by atoms with Gasteiger partial charge in [-0.05, 0) is 25.5 Å². The molecule has 3 heteroatoms. The molecule has 86 valence electrons. The standard InChI is InChI=1S/C12H21NS2/c1-4-10(2)14-8-7-13-9-12-6-5-11(3)15-12/h5-6,10,13H,4,7-9H2,1-3H3. The molecule has 0 saturated heterocycles. The van der Waals surface area contributed by atoms with Crippen molar-refractivity contribution in [3.8, 4) is 0 Å². The van der Waals surface area contributed by atoms with Gasteiger partial charge in [0.15, 0.2) is 0 Å². The maximum absolute atomic E-state index is 3.48. The van der Waals surface area contributed by atoms with Crippen LogP contribution in [0.4, 0.5) is 0 Å². The Labute approximate surface area is 102 Å². The summed E-state index contributed by atoms with van der Waals surface area (Å²) in [7, 11) is 0. The van der Waals surface area contributed by atoms with Crippen molar-refractivity contribution in [2.24, 2.45) is 0 Å². The van der Waals surface area contributed by atoms with E-state index in [0.717, 1.165) is 18.3 Å². The molecule has 1 heterocycles. The third kappa shape index (κ3) is 5.59. The van der Waals surface area contributed by atoms with Gasteiger partial charge in [0.25, 0.3) is 0 Å². The maximum atomic E-state index is 3.48. The largest absolute Gasteiger partial charge is 0.311 e. The first-order valence-electron chi connectivity index (χ1n) is 5.60. The zero-order valence-electron chi connectivity index (χ0n) is 9.88. The van der Waals surface area contributed by atoms with Crippen LogP contribution in [-0.2, 0) is 6.54 Å². The van der Waals surface area contributed by atoms with E-state index in [1.807, 2.05) is 11.3 Å². The highest BCUT2D eigenvalue weighted by atomic mass is 32.2. The van der Waals surface area contributed by atoms with E-state index >= 15 is 0 Å². The fourth-order valence-corrected chi connectivity index (χ4v) is 3.00. The van der Waals surface area contributed by atoms with Gasteiger partial charge < -0.3 is 5.32 Å². The summed E-state index contributed by atoms with van der Waals surface area (Å²) < 4.78 is 0. The van der Waals surface area contributed by atoms with Crippen molar-refractivity contribution >= 4 is 23.1 Å². The van der Waals surface area contributed by atoms with Gasteiger partial charge in [-0.25, -0.2) is 0 Å². The summed E-state index contributed by atoms with van der Waals surface area (Å²) in [5.41, 5.74) is 0. The fraction of sp³-hybridized carbons (Fsp3) is 0.667. The molecule has 1 nitrogen and oxygen atoms in total. The van der Waals surface area contributed by atoms with E-state index in [1.54, 1.807) is 0 Å². The first-order chi connectivity index (χ1) is 7.22. The highest BCUT2D eigenvalue weighted by molar-refractivity contribution is 7.99. The Morgan fingerprint density at radius 2 is 2.27 bits per heavy atom. The molecule has 1 unspecified atom stereocenters. The number of hydrogen-bond donors (Lipinski definition) is 1. The van der Waals surface area contributed by atoms with Crippen molar-refractivity contribution in [2.45, 2.75) is 39.0 Å². The summed E-state index contributed by atoms with van der Waals surface area (Å²) in [5.74, 6) is 1.22. The van der Waals surface area contributed by atoms with Crippen molar-refractivity contribution in [2.75, 3.05) is 12.3 Å². The van der Waals surface area contributed by atoms with E-state index in [9.17, 15) is 0 Å². The van der Waals surface area contributed by atoms with Crippen molar-refractivity contribution in [1.29, 1.82) is 0 Å². The Kier molecular flexibility index (Phi) is 6.37. The number of thioether (sulfide) groups is 1. The maximum Gasteiger partial charge on any atom is 0.0300 e. The number of aryl methyl sites for hydroxylation is 1. The summed E-state index contributed by atoms with van der Waals surface area (Å²) in [5, 5.41) is 4.29. The third-order valence-electron chi connectivity index (χ3n) is 2.35. The molecular formula is C12H21NS2. The molecule has 0 aliphatic heterocycles. The average Bonchev–Trinajstić information content (AvgIpc) is 2.63. The van der Waals surface area contributed by atoms with E-state index < -0.39 is 0 Å². The molecule has 15 heavy (non-hydrogen) atoms. The summed E-state index contributed by atoms with van der Waals surface area (Å²) >= 11 is 3.94. The molecule has 0 aliphatic carbocycles. The molecule has 0 aliphatic rings. The molecule has 1 atom stereocenters. The Balaban J connectivity index is 2.02. The van der Waals surface area contributed by atoms with E-state index in [2.05, 4.69) is 50.0 Å². The minimum absolute atomic E-state index is 0.802. The minimum atomic E-state index is 0.802. The van der Waals surface area contributed by atoms with Crippen LogP contribution in [0.3, 0.4) is 0 Å². The molecule has 0 spiro atoms. The van der Waals surface area contributed by atoms with Crippen molar-refractivity contribution < 1.29 is 0 Å². The Morgan fingerprint density at radius 1 is 1.47 bits per heavy atom. The van der Waals surface area contributed by atoms with Crippen LogP contribution in [0.1, 0.15) is 30.0 Å². The summed E-state index contributed by atoms with van der Waals surface area (Å²) in [6.45, 7) is 8.85. The second-order valence-electron chi connectivity index (χ2n) is 3.78. The van der Waals surface area contributed by atoms with Crippen LogP contribution in [0.15, 0.2) is 12.1 Å². The van der Waals surface area contributed by atoms with Gasteiger partial charge in [-0.2, -0.15) is 11.8 Å². The molecule has 1 N–H and O–H groups in total. The summed E-state index contributed by atoms with van der Waals surface area (Å²) in [6.07, 6.45) is 1.27. The molecule has 0 fully saturated rings. The van der Waals surface area contributed by atoms with Crippen LogP contribution in [0, 0.1) is 6.92 Å². The van der Waals surface area contributed by atoms with Gasteiger partial charge in [0, 0.05) is 33.8 Å². The van der Waals surface area contributed by atoms with Crippen LogP contribution in [0.25, 0.3) is 0 Å². The van der Waals surface area contributed by atoms with E-state index in [4.69, 9.17) is 0 Å². The quantitative estimate of drug-likeness (QED) is 0.733. The van der Waals surface area contributed by atoms with Gasteiger partial charge in [0.1, 0.15) is 0 Å². The van der Waals surface area contributed by atoms with Gasteiger partial charge in [-0.15, -0.1) is 11.3 Å². The summed E-state index contributed by atoms with van der Waals surface area (Å²) in [4.78, 5) is 2.85. The summed E-state index contributed by atoms with van der Waals surface area (Å²) in [6, 6.07) is 4.41. The second-order valence-corrected chi connectivity index (χ2v) is 6.70. The average molecular weight is 243 g/mol. The SMILES string of the molecule is CCC(C)SCCNCc1ccc(C)s1. The Bertz CT molecular complexity index is 270. The molecule has 1 rings (SSSR count). The molecule has 0 radical (unpaired) electrons. The molecule has 0 aromatic carbocycles. The Morgan fingerprint density at radius 3 is 2.87 bits per heavy atom. The van der Waals surface area contributed by atoms with E-state index in [-0.39, 0.29) is 0 Å². The lowest BCUT2D eigenvalue weighted by Crippen LogP contribution is -2.16. The predicted molar refractivity (Wildman–Crippen MR) is 73.0 cm³/mol. The lowest BCUT2D eigenvalue weighted by Gasteiger charge is -2.08. The minimum Gasteiger partial charge on any atom is -0.311 e. The van der Waals surface area contributed by atoms with Crippen LogP contribution < -0.4 is 5.32 Å². The molecule has 0 amide bonds. The molecule has 0 bridgehead atoms. The monoisotopic (exact) mass is 243 g/mol. The molecule has 1 aromatic heterocycles. The first-order valence-corrected chi connectivity index (χ1v) is 7.46. The predicted octanol–water partition coefficient (Wildman–Crippen LogP) is 3.68. The number of thiophene rings is 1. The van der Waals surface area contributed by atoms with E-state index in [1.165, 1.54) is 21.9 Å². The zero-order chi connectivity index (χ0) is 11.1. The van der Waals surface area contributed by atoms with Gasteiger partial charge in [0.05, 0.1) is 0 Å².